The summed E-state index contributed by atoms with van der Waals surface area (Å²) in [6.45, 7) is 8.51. The fourth-order valence-electron chi connectivity index (χ4n) is 4.65. The zero-order chi connectivity index (χ0) is 24.3. The summed E-state index contributed by atoms with van der Waals surface area (Å²) in [6.07, 6.45) is 2.42. The maximum atomic E-state index is 13.8. The molecule has 1 aliphatic heterocycles. The third-order valence-corrected chi connectivity index (χ3v) is 6.74. The Morgan fingerprint density at radius 3 is 2.64 bits per heavy atom. The molecule has 2 amide bonds. The molecule has 1 unspecified atom stereocenters. The standard InChI is InChI=1S/C25H35FN4O3/c1-16(2)30(15-20-17(3)28-29(5)18(20)4)24(32)10-12-25(11-9-23(31)27-25)14-19-7-8-21(26)22(13-19)33-6/h7-8,13,16H,9-12,14-15H2,1-6H3,(H,27,31). The number of rotatable bonds is 9. The average molecular weight is 459 g/mol. The van der Waals surface area contributed by atoms with Crippen molar-refractivity contribution in [2.45, 2.75) is 77.9 Å². The van der Waals surface area contributed by atoms with Crippen LogP contribution in [0, 0.1) is 19.7 Å². The molecule has 33 heavy (non-hydrogen) atoms. The third-order valence-electron chi connectivity index (χ3n) is 6.74. The maximum absolute atomic E-state index is 13.8. The molecular formula is C25H35FN4O3. The van der Waals surface area contributed by atoms with Gasteiger partial charge in [0.2, 0.25) is 11.8 Å². The van der Waals surface area contributed by atoms with Crippen LogP contribution in [0.3, 0.4) is 0 Å². The van der Waals surface area contributed by atoms with E-state index in [-0.39, 0.29) is 23.6 Å². The number of hydrogen-bond acceptors (Lipinski definition) is 4. The van der Waals surface area contributed by atoms with Gasteiger partial charge in [0.05, 0.1) is 12.8 Å². The number of methoxy groups -OCH3 is 1. The van der Waals surface area contributed by atoms with Crippen LogP contribution in [0.4, 0.5) is 4.39 Å². The van der Waals surface area contributed by atoms with Gasteiger partial charge in [-0.25, -0.2) is 4.39 Å². The SMILES string of the molecule is COc1cc(CC2(CCC(=O)N(Cc3c(C)nn(C)c3C)C(C)C)CCC(=O)N2)ccc1F. The first kappa shape index (κ1) is 24.7. The fourth-order valence-corrected chi connectivity index (χ4v) is 4.65. The molecular weight excluding hydrogens is 423 g/mol. The molecule has 1 aromatic carbocycles. The Morgan fingerprint density at radius 2 is 2.09 bits per heavy atom. The van der Waals surface area contributed by atoms with Crippen LogP contribution in [-0.2, 0) is 29.6 Å². The molecule has 0 spiro atoms. The van der Waals surface area contributed by atoms with Gasteiger partial charge < -0.3 is 15.0 Å². The van der Waals surface area contributed by atoms with Crippen molar-refractivity contribution in [3.05, 3.63) is 46.5 Å². The van der Waals surface area contributed by atoms with Gasteiger partial charge in [0.25, 0.3) is 0 Å². The third kappa shape index (κ3) is 5.54. The predicted molar refractivity (Wildman–Crippen MR) is 124 cm³/mol. The molecule has 2 aromatic rings. The summed E-state index contributed by atoms with van der Waals surface area (Å²) in [5, 5.41) is 7.58. The van der Waals surface area contributed by atoms with Crippen molar-refractivity contribution < 1.29 is 18.7 Å². The highest BCUT2D eigenvalue weighted by atomic mass is 19.1. The minimum absolute atomic E-state index is 0.0150. The van der Waals surface area contributed by atoms with Gasteiger partial charge in [-0.05, 0) is 64.7 Å². The molecule has 0 bridgehead atoms. The Bertz CT molecular complexity index is 1030. The van der Waals surface area contributed by atoms with Gasteiger partial charge in [-0.15, -0.1) is 0 Å². The normalized spacial score (nSPS) is 18.0. The molecule has 2 heterocycles. The molecule has 1 N–H and O–H groups in total. The Morgan fingerprint density at radius 1 is 1.36 bits per heavy atom. The van der Waals surface area contributed by atoms with E-state index in [1.54, 1.807) is 12.1 Å². The first-order valence-electron chi connectivity index (χ1n) is 11.5. The highest BCUT2D eigenvalue weighted by molar-refractivity contribution is 5.80. The van der Waals surface area contributed by atoms with E-state index in [1.807, 2.05) is 44.3 Å². The second kappa shape index (κ2) is 9.93. The lowest BCUT2D eigenvalue weighted by molar-refractivity contribution is -0.134. The van der Waals surface area contributed by atoms with Crippen LogP contribution in [0.15, 0.2) is 18.2 Å². The first-order valence-corrected chi connectivity index (χ1v) is 11.5. The molecule has 1 atom stereocenters. The average Bonchev–Trinajstić information content (AvgIpc) is 3.24. The van der Waals surface area contributed by atoms with E-state index in [0.717, 1.165) is 22.5 Å². The number of halogens is 1. The maximum Gasteiger partial charge on any atom is 0.223 e. The number of benzene rings is 1. The molecule has 0 radical (unpaired) electrons. The largest absolute Gasteiger partial charge is 0.494 e. The second-order valence-electron chi connectivity index (χ2n) is 9.36. The topological polar surface area (TPSA) is 76.5 Å². The smallest absolute Gasteiger partial charge is 0.223 e. The van der Waals surface area contributed by atoms with E-state index in [9.17, 15) is 14.0 Å². The number of nitrogens with zero attached hydrogens (tertiary/aromatic N) is 3. The zero-order valence-corrected chi connectivity index (χ0v) is 20.5. The number of nitrogens with one attached hydrogen (secondary N) is 1. The van der Waals surface area contributed by atoms with Gasteiger partial charge in [-0.3, -0.25) is 14.3 Å². The van der Waals surface area contributed by atoms with E-state index in [4.69, 9.17) is 4.74 Å². The van der Waals surface area contributed by atoms with E-state index in [2.05, 4.69) is 10.4 Å². The number of carbonyl (C=O) groups excluding carboxylic acids is 2. The Hall–Kier alpha value is -2.90. The number of carbonyl (C=O) groups is 2. The van der Waals surface area contributed by atoms with Crippen LogP contribution in [0.1, 0.15) is 62.0 Å². The van der Waals surface area contributed by atoms with Gasteiger partial charge in [0.15, 0.2) is 11.6 Å². The summed E-state index contributed by atoms with van der Waals surface area (Å²) in [6, 6.07) is 4.79. The predicted octanol–water partition coefficient (Wildman–Crippen LogP) is 3.59. The molecule has 1 aromatic heterocycles. The van der Waals surface area contributed by atoms with Crippen LogP contribution >= 0.6 is 0 Å². The molecule has 180 valence electrons. The summed E-state index contributed by atoms with van der Waals surface area (Å²) in [5.41, 5.74) is 3.39. The van der Waals surface area contributed by atoms with Crippen molar-refractivity contribution in [3.63, 3.8) is 0 Å². The van der Waals surface area contributed by atoms with Crippen LogP contribution in [0.2, 0.25) is 0 Å². The Balaban J connectivity index is 1.75. The van der Waals surface area contributed by atoms with Crippen molar-refractivity contribution in [1.29, 1.82) is 0 Å². The molecule has 1 saturated heterocycles. The van der Waals surface area contributed by atoms with Gasteiger partial charge in [-0.1, -0.05) is 6.07 Å². The quantitative estimate of drug-likeness (QED) is 0.623. The molecule has 7 nitrogen and oxygen atoms in total. The highest BCUT2D eigenvalue weighted by Crippen LogP contribution is 2.32. The number of aryl methyl sites for hydroxylation is 2. The van der Waals surface area contributed by atoms with Crippen LogP contribution in [-0.4, -0.2) is 45.2 Å². The number of amides is 2. The van der Waals surface area contributed by atoms with Gasteiger partial charge >= 0.3 is 0 Å². The minimum Gasteiger partial charge on any atom is -0.494 e. The lowest BCUT2D eigenvalue weighted by Crippen LogP contribution is -2.45. The lowest BCUT2D eigenvalue weighted by atomic mass is 9.84. The van der Waals surface area contributed by atoms with Crippen molar-refractivity contribution in [2.75, 3.05) is 7.11 Å². The summed E-state index contributed by atoms with van der Waals surface area (Å²) >= 11 is 0. The number of aromatic nitrogens is 2. The fraction of sp³-hybridized carbons (Fsp3) is 0.560. The van der Waals surface area contributed by atoms with E-state index in [1.165, 1.54) is 13.2 Å². The van der Waals surface area contributed by atoms with Crippen molar-refractivity contribution in [2.24, 2.45) is 7.05 Å². The number of hydrogen-bond donors (Lipinski definition) is 1. The first-order chi connectivity index (χ1) is 15.5. The summed E-state index contributed by atoms with van der Waals surface area (Å²) in [7, 11) is 3.34. The van der Waals surface area contributed by atoms with E-state index < -0.39 is 11.4 Å². The molecule has 3 rings (SSSR count). The van der Waals surface area contributed by atoms with Gasteiger partial charge in [-0.2, -0.15) is 5.10 Å². The molecule has 1 aliphatic rings. The van der Waals surface area contributed by atoms with Crippen molar-refractivity contribution >= 4 is 11.8 Å². The lowest BCUT2D eigenvalue weighted by Gasteiger charge is -2.32. The molecule has 0 saturated carbocycles. The summed E-state index contributed by atoms with van der Waals surface area (Å²) in [5.74, 6) is -0.213. The van der Waals surface area contributed by atoms with E-state index in [0.29, 0.717) is 38.6 Å². The van der Waals surface area contributed by atoms with Gasteiger partial charge in [0.1, 0.15) is 0 Å². The van der Waals surface area contributed by atoms with Crippen molar-refractivity contribution in [1.82, 2.24) is 20.0 Å². The molecule has 1 fully saturated rings. The molecule has 0 aliphatic carbocycles. The number of ether oxygens (including phenoxy) is 1. The van der Waals surface area contributed by atoms with Crippen LogP contribution < -0.4 is 10.1 Å². The van der Waals surface area contributed by atoms with Crippen molar-refractivity contribution in [3.8, 4) is 5.75 Å². The highest BCUT2D eigenvalue weighted by Gasteiger charge is 2.38. The Labute approximate surface area is 195 Å². The van der Waals surface area contributed by atoms with Crippen LogP contribution in [0.5, 0.6) is 5.75 Å². The van der Waals surface area contributed by atoms with Gasteiger partial charge in [0, 0.05) is 49.3 Å². The zero-order valence-electron chi connectivity index (χ0n) is 20.5. The summed E-state index contributed by atoms with van der Waals surface area (Å²) < 4.78 is 20.8. The summed E-state index contributed by atoms with van der Waals surface area (Å²) in [4.78, 5) is 27.3. The van der Waals surface area contributed by atoms with Crippen LogP contribution in [0.25, 0.3) is 0 Å². The minimum atomic E-state index is -0.529. The Kier molecular flexibility index (Phi) is 7.44. The monoisotopic (exact) mass is 458 g/mol. The second-order valence-corrected chi connectivity index (χ2v) is 9.36. The molecule has 8 heteroatoms. The van der Waals surface area contributed by atoms with E-state index >= 15 is 0 Å².